The maximum atomic E-state index is 11.8. The number of hydrogen-bond acceptors (Lipinski definition) is 4. The molecule has 0 aliphatic carbocycles. The Morgan fingerprint density at radius 3 is 2.50 bits per heavy atom. The average molecular weight is 307 g/mol. The van der Waals surface area contributed by atoms with Crippen LogP contribution in [0.15, 0.2) is 30.3 Å². The molecule has 0 aliphatic rings. The molecule has 1 amide bonds. The molecular weight excluding hydrogens is 282 g/mol. The number of amides is 1. The van der Waals surface area contributed by atoms with E-state index in [9.17, 15) is 9.59 Å². The Balaban J connectivity index is 2.39. The summed E-state index contributed by atoms with van der Waals surface area (Å²) in [5.74, 6) is -0.437. The van der Waals surface area contributed by atoms with Gasteiger partial charge in [-0.15, -0.1) is 0 Å². The van der Waals surface area contributed by atoms with Gasteiger partial charge in [0.1, 0.15) is 12.6 Å². The highest BCUT2D eigenvalue weighted by atomic mass is 16.6. The molecule has 0 saturated carbocycles. The van der Waals surface area contributed by atoms with Crippen LogP contribution in [0, 0.1) is 0 Å². The Labute approximate surface area is 132 Å². The summed E-state index contributed by atoms with van der Waals surface area (Å²) in [5, 5.41) is 2.58. The quantitative estimate of drug-likeness (QED) is 0.561. The summed E-state index contributed by atoms with van der Waals surface area (Å²) in [6, 6.07) is 8.74. The number of esters is 1. The Morgan fingerprint density at radius 2 is 1.86 bits per heavy atom. The maximum absolute atomic E-state index is 11.8. The lowest BCUT2D eigenvalue weighted by Crippen LogP contribution is -2.41. The van der Waals surface area contributed by atoms with Gasteiger partial charge in [-0.25, -0.2) is 9.59 Å². The zero-order chi connectivity index (χ0) is 16.2. The molecule has 0 heterocycles. The molecule has 122 valence electrons. The van der Waals surface area contributed by atoms with E-state index in [-0.39, 0.29) is 6.61 Å². The third-order valence-electron chi connectivity index (χ3n) is 3.34. The molecule has 5 heteroatoms. The number of nitrogens with one attached hydrogen (secondary N) is 1. The third-order valence-corrected chi connectivity index (χ3v) is 3.34. The largest absolute Gasteiger partial charge is 0.467 e. The molecule has 0 aliphatic heterocycles. The van der Waals surface area contributed by atoms with Crippen molar-refractivity contribution in [2.24, 2.45) is 0 Å². The van der Waals surface area contributed by atoms with E-state index in [1.807, 2.05) is 30.3 Å². The lowest BCUT2D eigenvalue weighted by atomic mass is 10.1. The van der Waals surface area contributed by atoms with Gasteiger partial charge in [-0.05, 0) is 12.0 Å². The van der Waals surface area contributed by atoms with Gasteiger partial charge in [0.05, 0.1) is 7.11 Å². The number of hydrogen-bond donors (Lipinski definition) is 1. The molecule has 1 rings (SSSR count). The summed E-state index contributed by atoms with van der Waals surface area (Å²) in [7, 11) is 1.32. The molecule has 1 aromatic carbocycles. The second-order valence-corrected chi connectivity index (χ2v) is 5.13. The molecule has 0 bridgehead atoms. The number of methoxy groups -OCH3 is 1. The molecule has 5 nitrogen and oxygen atoms in total. The van der Waals surface area contributed by atoms with Crippen LogP contribution < -0.4 is 5.32 Å². The highest BCUT2D eigenvalue weighted by molar-refractivity contribution is 5.81. The van der Waals surface area contributed by atoms with Crippen molar-refractivity contribution in [2.45, 2.75) is 51.7 Å². The lowest BCUT2D eigenvalue weighted by Gasteiger charge is -2.16. The van der Waals surface area contributed by atoms with Crippen LogP contribution >= 0.6 is 0 Å². The van der Waals surface area contributed by atoms with E-state index in [4.69, 9.17) is 9.47 Å². The maximum Gasteiger partial charge on any atom is 0.408 e. The van der Waals surface area contributed by atoms with E-state index in [1.54, 1.807) is 0 Å². The van der Waals surface area contributed by atoms with Gasteiger partial charge in [0, 0.05) is 0 Å². The number of benzene rings is 1. The van der Waals surface area contributed by atoms with Crippen LogP contribution in [0.2, 0.25) is 0 Å². The number of alkyl carbamates (subject to hydrolysis) is 1. The van der Waals surface area contributed by atoms with Crippen molar-refractivity contribution in [3.05, 3.63) is 35.9 Å². The molecule has 0 aromatic heterocycles. The predicted molar refractivity (Wildman–Crippen MR) is 84.3 cm³/mol. The van der Waals surface area contributed by atoms with Crippen LogP contribution in [0.3, 0.4) is 0 Å². The van der Waals surface area contributed by atoms with Crippen molar-refractivity contribution >= 4 is 12.1 Å². The minimum atomic E-state index is -0.648. The highest BCUT2D eigenvalue weighted by Gasteiger charge is 2.21. The Morgan fingerprint density at radius 1 is 1.14 bits per heavy atom. The zero-order valence-corrected chi connectivity index (χ0v) is 13.3. The molecule has 0 fully saturated rings. The van der Waals surface area contributed by atoms with Crippen LogP contribution in [-0.2, 0) is 20.9 Å². The monoisotopic (exact) mass is 307 g/mol. The molecule has 0 saturated heterocycles. The molecule has 0 spiro atoms. The second kappa shape index (κ2) is 10.7. The summed E-state index contributed by atoms with van der Waals surface area (Å²) in [5.41, 5.74) is 0.898. The molecule has 1 atom stereocenters. The van der Waals surface area contributed by atoms with Crippen molar-refractivity contribution in [1.29, 1.82) is 0 Å². The van der Waals surface area contributed by atoms with E-state index in [2.05, 4.69) is 12.2 Å². The van der Waals surface area contributed by atoms with E-state index in [0.29, 0.717) is 6.42 Å². The molecule has 0 radical (unpaired) electrons. The number of ether oxygens (including phenoxy) is 2. The lowest BCUT2D eigenvalue weighted by molar-refractivity contribution is -0.143. The van der Waals surface area contributed by atoms with Crippen LogP contribution in [0.25, 0.3) is 0 Å². The van der Waals surface area contributed by atoms with E-state index in [1.165, 1.54) is 7.11 Å². The molecule has 22 heavy (non-hydrogen) atoms. The summed E-state index contributed by atoms with van der Waals surface area (Å²) in [6.45, 7) is 2.30. The van der Waals surface area contributed by atoms with Gasteiger partial charge in [0.2, 0.25) is 0 Å². The fourth-order valence-electron chi connectivity index (χ4n) is 2.07. The molecule has 1 aromatic rings. The predicted octanol–water partition coefficient (Wildman–Crippen LogP) is 3.42. The van der Waals surface area contributed by atoms with Crippen molar-refractivity contribution in [3.8, 4) is 0 Å². The van der Waals surface area contributed by atoms with Crippen molar-refractivity contribution in [1.82, 2.24) is 5.32 Å². The number of rotatable bonds is 9. The SMILES string of the molecule is CCCCCCC(NC(=O)OCc1ccccc1)C(=O)OC. The first-order valence-corrected chi connectivity index (χ1v) is 7.72. The second-order valence-electron chi connectivity index (χ2n) is 5.13. The van der Waals surface area contributed by atoms with E-state index >= 15 is 0 Å². The van der Waals surface area contributed by atoms with Crippen molar-refractivity contribution in [3.63, 3.8) is 0 Å². The normalized spacial score (nSPS) is 11.5. The van der Waals surface area contributed by atoms with E-state index < -0.39 is 18.1 Å². The van der Waals surface area contributed by atoms with Crippen LogP contribution in [0.1, 0.15) is 44.6 Å². The molecule has 1 N–H and O–H groups in total. The van der Waals surface area contributed by atoms with Gasteiger partial charge in [0.15, 0.2) is 0 Å². The number of carbonyl (C=O) groups is 2. The smallest absolute Gasteiger partial charge is 0.408 e. The summed E-state index contributed by atoms with van der Waals surface area (Å²) in [4.78, 5) is 23.5. The first-order chi connectivity index (χ1) is 10.7. The average Bonchev–Trinajstić information content (AvgIpc) is 2.56. The standard InChI is InChI=1S/C17H25NO4/c1-3-4-5-9-12-15(16(19)21-2)18-17(20)22-13-14-10-7-6-8-11-14/h6-8,10-11,15H,3-5,9,12-13H2,1-2H3,(H,18,20). The first kappa shape index (κ1) is 18.0. The van der Waals surface area contributed by atoms with Crippen molar-refractivity contribution in [2.75, 3.05) is 7.11 Å². The highest BCUT2D eigenvalue weighted by Crippen LogP contribution is 2.08. The van der Waals surface area contributed by atoms with Crippen LogP contribution in [0.5, 0.6) is 0 Å². The zero-order valence-electron chi connectivity index (χ0n) is 13.3. The topological polar surface area (TPSA) is 64.6 Å². The summed E-state index contributed by atoms with van der Waals surface area (Å²) in [6.07, 6.45) is 4.10. The van der Waals surface area contributed by atoms with Gasteiger partial charge in [-0.3, -0.25) is 0 Å². The Kier molecular flexibility index (Phi) is 8.72. The van der Waals surface area contributed by atoms with Gasteiger partial charge in [0.25, 0.3) is 0 Å². The minimum absolute atomic E-state index is 0.177. The van der Waals surface area contributed by atoms with Gasteiger partial charge >= 0.3 is 12.1 Å². The fraction of sp³-hybridized carbons (Fsp3) is 0.529. The fourth-order valence-corrected chi connectivity index (χ4v) is 2.07. The number of carbonyl (C=O) groups excluding carboxylic acids is 2. The van der Waals surface area contributed by atoms with Crippen LogP contribution in [-0.4, -0.2) is 25.2 Å². The number of unbranched alkanes of at least 4 members (excludes halogenated alkanes) is 3. The molecule has 1 unspecified atom stereocenters. The summed E-state index contributed by atoms with van der Waals surface area (Å²) >= 11 is 0. The molecular formula is C17H25NO4. The van der Waals surface area contributed by atoms with Gasteiger partial charge in [-0.1, -0.05) is 62.9 Å². The van der Waals surface area contributed by atoms with Gasteiger partial charge in [-0.2, -0.15) is 0 Å². The van der Waals surface area contributed by atoms with Crippen LogP contribution in [0.4, 0.5) is 4.79 Å². The third kappa shape index (κ3) is 7.11. The summed E-state index contributed by atoms with van der Waals surface area (Å²) < 4.78 is 9.85. The first-order valence-electron chi connectivity index (χ1n) is 7.72. The van der Waals surface area contributed by atoms with Gasteiger partial charge < -0.3 is 14.8 Å². The van der Waals surface area contributed by atoms with E-state index in [0.717, 1.165) is 31.2 Å². The Bertz CT molecular complexity index is 447. The minimum Gasteiger partial charge on any atom is -0.467 e. The Hall–Kier alpha value is -2.04. The van der Waals surface area contributed by atoms with Crippen molar-refractivity contribution < 1.29 is 19.1 Å².